The van der Waals surface area contributed by atoms with Gasteiger partial charge in [0.1, 0.15) is 0 Å². The SMILES string of the molecule is CC(=O)O[C@@H]1[C@@H](OC(=O)C(Cl)(Cl)Cl)[C@@H](Cl)OC[C@@H]1OC(C)=O. The van der Waals surface area contributed by atoms with E-state index >= 15 is 0 Å². The number of carbonyl (C=O) groups excluding carboxylic acids is 3. The van der Waals surface area contributed by atoms with Crippen LogP contribution >= 0.6 is 46.4 Å². The number of alkyl halides is 4. The van der Waals surface area contributed by atoms with Crippen LogP contribution in [0.15, 0.2) is 0 Å². The quantitative estimate of drug-likeness (QED) is 0.407. The molecule has 1 heterocycles. The highest BCUT2D eigenvalue weighted by Crippen LogP contribution is 2.32. The Morgan fingerprint density at radius 2 is 1.55 bits per heavy atom. The van der Waals surface area contributed by atoms with E-state index in [2.05, 4.69) is 0 Å². The molecule has 0 radical (unpaired) electrons. The molecule has 0 aromatic carbocycles. The van der Waals surface area contributed by atoms with Crippen LogP contribution in [-0.2, 0) is 33.3 Å². The largest absolute Gasteiger partial charge is 0.456 e. The summed E-state index contributed by atoms with van der Waals surface area (Å²) in [6.45, 7) is 2.12. The molecule has 1 aliphatic heterocycles. The van der Waals surface area contributed by atoms with Crippen LogP contribution in [0.4, 0.5) is 0 Å². The Balaban J connectivity index is 2.97. The highest BCUT2D eigenvalue weighted by atomic mass is 35.6. The van der Waals surface area contributed by atoms with Crippen molar-refractivity contribution in [2.45, 2.75) is 41.5 Å². The first kappa shape index (κ1) is 19.6. The van der Waals surface area contributed by atoms with Crippen LogP contribution in [0.2, 0.25) is 0 Å². The van der Waals surface area contributed by atoms with Crippen molar-refractivity contribution in [1.29, 1.82) is 0 Å². The minimum Gasteiger partial charge on any atom is -0.456 e. The standard InChI is InChI=1S/C11H12Cl4O7/c1-4(16)20-6-3-19-9(12)8(7(6)21-5(2)17)22-10(18)11(13,14)15/h6-9H,3H2,1-2H3/t6-,7-,8+,9-/m0/s1. The number of esters is 3. The Labute approximate surface area is 146 Å². The predicted molar refractivity (Wildman–Crippen MR) is 76.9 cm³/mol. The fourth-order valence-electron chi connectivity index (χ4n) is 1.70. The van der Waals surface area contributed by atoms with E-state index in [9.17, 15) is 14.4 Å². The molecule has 0 unspecified atom stereocenters. The van der Waals surface area contributed by atoms with E-state index in [1.807, 2.05) is 0 Å². The lowest BCUT2D eigenvalue weighted by Crippen LogP contribution is -2.56. The molecule has 1 saturated heterocycles. The number of hydrogen-bond acceptors (Lipinski definition) is 7. The summed E-state index contributed by atoms with van der Waals surface area (Å²) in [5, 5.41) is 0. The Kier molecular flexibility index (Phi) is 7.01. The number of ether oxygens (including phenoxy) is 4. The van der Waals surface area contributed by atoms with Gasteiger partial charge in [-0.3, -0.25) is 9.59 Å². The zero-order chi connectivity index (χ0) is 17.1. The zero-order valence-electron chi connectivity index (χ0n) is 11.4. The van der Waals surface area contributed by atoms with Gasteiger partial charge < -0.3 is 18.9 Å². The number of carbonyl (C=O) groups is 3. The fraction of sp³-hybridized carbons (Fsp3) is 0.727. The molecule has 7 nitrogen and oxygen atoms in total. The number of rotatable bonds is 3. The van der Waals surface area contributed by atoms with E-state index in [0.29, 0.717) is 0 Å². The van der Waals surface area contributed by atoms with Crippen LogP contribution < -0.4 is 0 Å². The van der Waals surface area contributed by atoms with Gasteiger partial charge in [-0.15, -0.1) is 0 Å². The third-order valence-electron chi connectivity index (χ3n) is 2.46. The Morgan fingerprint density at radius 3 is 2.00 bits per heavy atom. The van der Waals surface area contributed by atoms with E-state index in [1.54, 1.807) is 0 Å². The minimum atomic E-state index is -2.36. The summed E-state index contributed by atoms with van der Waals surface area (Å²) < 4.78 is 17.7. The maximum atomic E-state index is 11.7. The molecule has 0 spiro atoms. The molecule has 0 N–H and O–H groups in total. The summed E-state index contributed by atoms with van der Waals surface area (Å²) in [6, 6.07) is 0. The van der Waals surface area contributed by atoms with Gasteiger partial charge in [0.05, 0.1) is 6.61 Å². The van der Waals surface area contributed by atoms with Crippen molar-refractivity contribution < 1.29 is 33.3 Å². The van der Waals surface area contributed by atoms with Gasteiger partial charge in [-0.25, -0.2) is 4.79 Å². The molecule has 0 aliphatic carbocycles. The molecule has 0 aromatic rings. The second-order valence-corrected chi connectivity index (χ2v) is 6.99. The molecule has 0 bridgehead atoms. The molecule has 1 aliphatic rings. The highest BCUT2D eigenvalue weighted by Gasteiger charge is 2.48. The molecule has 1 rings (SSSR count). The minimum absolute atomic E-state index is 0.159. The van der Waals surface area contributed by atoms with Gasteiger partial charge in [0.25, 0.3) is 3.79 Å². The molecule has 0 saturated carbocycles. The molecule has 11 heteroatoms. The van der Waals surface area contributed by atoms with Crippen LogP contribution in [0.25, 0.3) is 0 Å². The smallest absolute Gasteiger partial charge is 0.359 e. The number of hydrogen-bond donors (Lipinski definition) is 0. The fourth-order valence-corrected chi connectivity index (χ4v) is 2.10. The average molecular weight is 398 g/mol. The van der Waals surface area contributed by atoms with Crippen molar-refractivity contribution >= 4 is 64.3 Å². The van der Waals surface area contributed by atoms with Crippen LogP contribution in [0, 0.1) is 0 Å². The van der Waals surface area contributed by atoms with Crippen LogP contribution in [0.3, 0.4) is 0 Å². The van der Waals surface area contributed by atoms with E-state index < -0.39 is 45.6 Å². The van der Waals surface area contributed by atoms with E-state index in [-0.39, 0.29) is 6.61 Å². The predicted octanol–water partition coefficient (Wildman–Crippen LogP) is 1.73. The summed E-state index contributed by atoms with van der Waals surface area (Å²) in [7, 11) is 0. The van der Waals surface area contributed by atoms with Crippen LogP contribution in [0.1, 0.15) is 13.8 Å². The maximum absolute atomic E-state index is 11.7. The lowest BCUT2D eigenvalue weighted by Gasteiger charge is -2.38. The van der Waals surface area contributed by atoms with Gasteiger partial charge in [-0.2, -0.15) is 0 Å². The molecule has 22 heavy (non-hydrogen) atoms. The van der Waals surface area contributed by atoms with Crippen LogP contribution in [0.5, 0.6) is 0 Å². The summed E-state index contributed by atoms with van der Waals surface area (Å²) in [5.74, 6) is -2.59. The highest BCUT2D eigenvalue weighted by molar-refractivity contribution is 6.75. The van der Waals surface area contributed by atoms with Gasteiger partial charge in [0.2, 0.25) is 0 Å². The maximum Gasteiger partial charge on any atom is 0.359 e. The van der Waals surface area contributed by atoms with Crippen molar-refractivity contribution in [2.24, 2.45) is 0 Å². The van der Waals surface area contributed by atoms with Crippen molar-refractivity contribution in [3.63, 3.8) is 0 Å². The first-order valence-corrected chi connectivity index (χ1v) is 7.47. The number of halogens is 4. The Bertz CT molecular complexity index is 450. The second kappa shape index (κ2) is 7.88. The molecule has 4 atom stereocenters. The normalized spacial score (nSPS) is 28.6. The lowest BCUT2D eigenvalue weighted by molar-refractivity contribution is -0.214. The third-order valence-corrected chi connectivity index (χ3v) is 3.30. The lowest BCUT2D eigenvalue weighted by atomic mass is 10.1. The summed E-state index contributed by atoms with van der Waals surface area (Å²) in [4.78, 5) is 34.0. The van der Waals surface area contributed by atoms with Gasteiger partial charge in [-0.05, 0) is 0 Å². The summed E-state index contributed by atoms with van der Waals surface area (Å²) in [5.41, 5.74) is -1.19. The third kappa shape index (κ3) is 5.62. The Hall–Kier alpha value is -0.470. The van der Waals surface area contributed by atoms with Crippen molar-refractivity contribution in [3.05, 3.63) is 0 Å². The van der Waals surface area contributed by atoms with Gasteiger partial charge in [0, 0.05) is 13.8 Å². The monoisotopic (exact) mass is 396 g/mol. The molecular weight excluding hydrogens is 386 g/mol. The van der Waals surface area contributed by atoms with E-state index in [1.165, 1.54) is 0 Å². The van der Waals surface area contributed by atoms with Crippen molar-refractivity contribution in [1.82, 2.24) is 0 Å². The van der Waals surface area contributed by atoms with Crippen LogP contribution in [-0.4, -0.2) is 52.2 Å². The summed E-state index contributed by atoms with van der Waals surface area (Å²) in [6.07, 6.45) is -3.55. The zero-order valence-corrected chi connectivity index (χ0v) is 14.4. The van der Waals surface area contributed by atoms with Crippen molar-refractivity contribution in [2.75, 3.05) is 6.61 Å². The molecule has 1 fully saturated rings. The first-order chi connectivity index (χ1) is 10.0. The average Bonchev–Trinajstić information content (AvgIpc) is 2.34. The Morgan fingerprint density at radius 1 is 1.00 bits per heavy atom. The molecular formula is C11H12Cl4O7. The van der Waals surface area contributed by atoms with Gasteiger partial charge in [0.15, 0.2) is 23.9 Å². The van der Waals surface area contributed by atoms with Gasteiger partial charge >= 0.3 is 17.9 Å². The molecule has 126 valence electrons. The van der Waals surface area contributed by atoms with Gasteiger partial charge in [-0.1, -0.05) is 46.4 Å². The molecule has 0 aromatic heterocycles. The topological polar surface area (TPSA) is 88.1 Å². The molecule has 0 amide bonds. The van der Waals surface area contributed by atoms with E-state index in [4.69, 9.17) is 65.4 Å². The van der Waals surface area contributed by atoms with Crippen molar-refractivity contribution in [3.8, 4) is 0 Å². The summed E-state index contributed by atoms with van der Waals surface area (Å²) >= 11 is 22.1. The van der Waals surface area contributed by atoms with E-state index in [0.717, 1.165) is 13.8 Å². The second-order valence-electron chi connectivity index (χ2n) is 4.27. The first-order valence-electron chi connectivity index (χ1n) is 5.90.